The Labute approximate surface area is 84.5 Å². The van der Waals surface area contributed by atoms with Crippen LogP contribution in [0, 0.1) is 0 Å². The molecule has 0 saturated carbocycles. The number of rotatable bonds is 1. The summed E-state index contributed by atoms with van der Waals surface area (Å²) in [7, 11) is 1.51. The number of halogens is 1. The van der Waals surface area contributed by atoms with Crippen LogP contribution in [-0.2, 0) is 0 Å². The van der Waals surface area contributed by atoms with Crippen LogP contribution in [-0.4, -0.2) is 17.1 Å². The monoisotopic (exact) mass is 210 g/mol. The number of nitrogens with one attached hydrogen (secondary N) is 1. The number of aromatic nitrogens is 2. The van der Waals surface area contributed by atoms with E-state index in [1.54, 1.807) is 12.1 Å². The molecule has 1 N–H and O–H groups in total. The Hall–Kier alpha value is -1.55. The number of fused-ring (bicyclic) bond motifs is 1. The van der Waals surface area contributed by atoms with Crippen LogP contribution in [0.4, 0.5) is 0 Å². The lowest BCUT2D eigenvalue weighted by Gasteiger charge is -2.03. The van der Waals surface area contributed by atoms with Gasteiger partial charge >= 0.3 is 0 Å². The molecule has 0 radical (unpaired) electrons. The number of H-pyrrole nitrogens is 1. The molecule has 1 aromatic heterocycles. The molecule has 1 heterocycles. The van der Waals surface area contributed by atoms with Gasteiger partial charge in [0.25, 0.3) is 5.56 Å². The molecule has 72 valence electrons. The first-order valence-corrected chi connectivity index (χ1v) is 4.31. The fourth-order valence-electron chi connectivity index (χ4n) is 1.23. The maximum absolute atomic E-state index is 11.3. The fraction of sp³-hybridized carbons (Fsp3) is 0.111. The Kier molecular flexibility index (Phi) is 2.13. The topological polar surface area (TPSA) is 55.0 Å². The summed E-state index contributed by atoms with van der Waals surface area (Å²) >= 11 is 5.87. The molecule has 2 rings (SSSR count). The number of nitrogens with zero attached hydrogens (tertiary/aromatic N) is 1. The van der Waals surface area contributed by atoms with Gasteiger partial charge in [-0.1, -0.05) is 11.6 Å². The average Bonchev–Trinajstić information content (AvgIpc) is 2.19. The summed E-state index contributed by atoms with van der Waals surface area (Å²) in [5.74, 6) is 0.511. The van der Waals surface area contributed by atoms with Crippen molar-refractivity contribution in [3.63, 3.8) is 0 Å². The van der Waals surface area contributed by atoms with Gasteiger partial charge in [0.15, 0.2) is 0 Å². The smallest absolute Gasteiger partial charge is 0.258 e. The van der Waals surface area contributed by atoms with Crippen LogP contribution >= 0.6 is 11.6 Å². The summed E-state index contributed by atoms with van der Waals surface area (Å²) in [5, 5.41) is 0.858. The molecule has 5 heteroatoms. The quantitative estimate of drug-likeness (QED) is 0.778. The lowest BCUT2D eigenvalue weighted by atomic mass is 10.2. The largest absolute Gasteiger partial charge is 0.495 e. The van der Waals surface area contributed by atoms with E-state index in [1.165, 1.54) is 13.4 Å². The summed E-state index contributed by atoms with van der Waals surface area (Å²) < 4.78 is 5.01. The zero-order chi connectivity index (χ0) is 10.1. The van der Waals surface area contributed by atoms with E-state index >= 15 is 0 Å². The number of hydrogen-bond donors (Lipinski definition) is 1. The third-order valence-corrected chi connectivity index (χ3v) is 2.21. The Morgan fingerprint density at radius 1 is 1.50 bits per heavy atom. The van der Waals surface area contributed by atoms with Crippen molar-refractivity contribution >= 4 is 22.5 Å². The molecule has 0 aliphatic carbocycles. The van der Waals surface area contributed by atoms with Crippen molar-refractivity contribution in [1.82, 2.24) is 9.97 Å². The molecule has 4 nitrogen and oxygen atoms in total. The number of aromatic amines is 1. The van der Waals surface area contributed by atoms with Gasteiger partial charge in [-0.25, -0.2) is 4.98 Å². The van der Waals surface area contributed by atoms with Crippen LogP contribution in [0.25, 0.3) is 10.9 Å². The van der Waals surface area contributed by atoms with Crippen LogP contribution in [0.15, 0.2) is 23.3 Å². The molecule has 0 bridgehead atoms. The predicted molar refractivity (Wildman–Crippen MR) is 53.9 cm³/mol. The van der Waals surface area contributed by atoms with Crippen LogP contribution in [0.2, 0.25) is 5.02 Å². The van der Waals surface area contributed by atoms with Gasteiger partial charge in [0.1, 0.15) is 5.75 Å². The maximum Gasteiger partial charge on any atom is 0.258 e. The van der Waals surface area contributed by atoms with Gasteiger partial charge in [0.2, 0.25) is 0 Å². The fourth-order valence-corrected chi connectivity index (χ4v) is 1.47. The molecule has 14 heavy (non-hydrogen) atoms. The minimum absolute atomic E-state index is 0.209. The summed E-state index contributed by atoms with van der Waals surface area (Å²) in [5.41, 5.74) is 0.356. The van der Waals surface area contributed by atoms with Crippen molar-refractivity contribution in [2.24, 2.45) is 0 Å². The van der Waals surface area contributed by atoms with E-state index in [4.69, 9.17) is 16.3 Å². The second kappa shape index (κ2) is 3.31. The van der Waals surface area contributed by atoms with Gasteiger partial charge in [0.05, 0.1) is 29.4 Å². The average molecular weight is 211 g/mol. The van der Waals surface area contributed by atoms with Gasteiger partial charge in [-0.15, -0.1) is 0 Å². The molecular weight excluding hydrogens is 204 g/mol. The molecule has 1 aromatic carbocycles. The lowest BCUT2D eigenvalue weighted by Crippen LogP contribution is -2.06. The van der Waals surface area contributed by atoms with E-state index in [0.717, 1.165) is 0 Å². The molecule has 2 aromatic rings. The minimum Gasteiger partial charge on any atom is -0.495 e. The standard InChI is InChI=1S/C9H7ClN2O2/c1-14-8-3-7-5(2-6(8)10)9(13)12-4-11-7/h2-4H,1H3,(H,11,12,13). The highest BCUT2D eigenvalue weighted by Gasteiger charge is 2.05. The highest BCUT2D eigenvalue weighted by atomic mass is 35.5. The first-order valence-electron chi connectivity index (χ1n) is 3.93. The Morgan fingerprint density at radius 2 is 2.29 bits per heavy atom. The lowest BCUT2D eigenvalue weighted by molar-refractivity contribution is 0.415. The molecule has 0 spiro atoms. The van der Waals surface area contributed by atoms with Crippen LogP contribution < -0.4 is 10.3 Å². The van der Waals surface area contributed by atoms with Crippen LogP contribution in [0.1, 0.15) is 0 Å². The molecule has 0 saturated heterocycles. The molecule has 0 atom stereocenters. The Bertz CT molecular complexity index is 536. The molecule has 0 fully saturated rings. The third kappa shape index (κ3) is 1.33. The highest BCUT2D eigenvalue weighted by molar-refractivity contribution is 6.32. The van der Waals surface area contributed by atoms with E-state index in [1.807, 2.05) is 0 Å². The number of benzene rings is 1. The van der Waals surface area contributed by atoms with E-state index in [2.05, 4.69) is 9.97 Å². The first-order chi connectivity index (χ1) is 6.72. The van der Waals surface area contributed by atoms with Gasteiger partial charge < -0.3 is 9.72 Å². The normalized spacial score (nSPS) is 10.4. The summed E-state index contributed by atoms with van der Waals surface area (Å²) in [6.45, 7) is 0. The van der Waals surface area contributed by atoms with Crippen molar-refractivity contribution in [2.45, 2.75) is 0 Å². The van der Waals surface area contributed by atoms with Gasteiger partial charge in [-0.2, -0.15) is 0 Å². The third-order valence-electron chi connectivity index (χ3n) is 1.91. The number of ether oxygens (including phenoxy) is 1. The summed E-state index contributed by atoms with van der Waals surface area (Å²) in [4.78, 5) is 17.8. The Morgan fingerprint density at radius 3 is 3.00 bits per heavy atom. The number of hydrogen-bond acceptors (Lipinski definition) is 3. The van der Waals surface area contributed by atoms with Crippen molar-refractivity contribution in [1.29, 1.82) is 0 Å². The van der Waals surface area contributed by atoms with Crippen LogP contribution in [0.3, 0.4) is 0 Å². The zero-order valence-corrected chi connectivity index (χ0v) is 8.13. The van der Waals surface area contributed by atoms with Crippen molar-refractivity contribution in [3.8, 4) is 5.75 Å². The van der Waals surface area contributed by atoms with E-state index < -0.39 is 0 Å². The summed E-state index contributed by atoms with van der Waals surface area (Å²) in [6, 6.07) is 3.18. The van der Waals surface area contributed by atoms with E-state index in [9.17, 15) is 4.79 Å². The Balaban J connectivity index is 2.86. The molecule has 0 amide bonds. The second-order valence-electron chi connectivity index (χ2n) is 2.74. The molecule has 0 aliphatic heterocycles. The number of methoxy groups -OCH3 is 1. The second-order valence-corrected chi connectivity index (χ2v) is 3.14. The first kappa shape index (κ1) is 9.02. The highest BCUT2D eigenvalue weighted by Crippen LogP contribution is 2.26. The van der Waals surface area contributed by atoms with Crippen molar-refractivity contribution in [2.75, 3.05) is 7.11 Å². The van der Waals surface area contributed by atoms with E-state index in [0.29, 0.717) is 21.7 Å². The van der Waals surface area contributed by atoms with Crippen molar-refractivity contribution in [3.05, 3.63) is 33.8 Å². The SMILES string of the molecule is COc1cc2nc[nH]c(=O)c2cc1Cl. The molecular formula is C9H7ClN2O2. The van der Waals surface area contributed by atoms with Crippen molar-refractivity contribution < 1.29 is 4.74 Å². The minimum atomic E-state index is -0.209. The van der Waals surface area contributed by atoms with Gasteiger partial charge in [-0.3, -0.25) is 4.79 Å². The van der Waals surface area contributed by atoms with Gasteiger partial charge in [0, 0.05) is 6.07 Å². The molecule has 0 unspecified atom stereocenters. The zero-order valence-electron chi connectivity index (χ0n) is 7.37. The van der Waals surface area contributed by atoms with Crippen LogP contribution in [0.5, 0.6) is 5.75 Å². The molecule has 0 aliphatic rings. The van der Waals surface area contributed by atoms with Gasteiger partial charge in [-0.05, 0) is 6.07 Å². The summed E-state index contributed by atoms with van der Waals surface area (Å²) in [6.07, 6.45) is 1.35. The maximum atomic E-state index is 11.3. The predicted octanol–water partition coefficient (Wildman–Crippen LogP) is 1.59. The van der Waals surface area contributed by atoms with E-state index in [-0.39, 0.29) is 5.56 Å².